The van der Waals surface area contributed by atoms with Crippen LogP contribution in [-0.2, 0) is 6.42 Å². The van der Waals surface area contributed by atoms with Crippen molar-refractivity contribution in [2.75, 3.05) is 32.1 Å². The molecule has 1 fully saturated rings. The number of aromatic nitrogens is 1. The van der Waals surface area contributed by atoms with E-state index in [4.69, 9.17) is 10.7 Å². The molecule has 0 spiro atoms. The van der Waals surface area contributed by atoms with Gasteiger partial charge in [-0.15, -0.1) is 11.3 Å². The summed E-state index contributed by atoms with van der Waals surface area (Å²) < 4.78 is 0. The number of likely N-dealkylation sites (N-methyl/N-ethyl adjacent to an activating group) is 1. The molecule has 1 aliphatic carbocycles. The first-order chi connectivity index (χ1) is 8.65. The molecule has 1 saturated heterocycles. The summed E-state index contributed by atoms with van der Waals surface area (Å²) in [5.41, 5.74) is 7.33. The van der Waals surface area contributed by atoms with Crippen molar-refractivity contribution >= 4 is 16.5 Å². The predicted octanol–water partition coefficient (Wildman–Crippen LogP) is 1.62. The highest BCUT2D eigenvalue weighted by molar-refractivity contribution is 7.15. The fraction of sp³-hybridized carbons (Fsp3) is 0.769. The van der Waals surface area contributed by atoms with Crippen LogP contribution in [0.1, 0.15) is 35.9 Å². The number of aryl methyl sites for hydroxylation is 1. The van der Waals surface area contributed by atoms with Crippen LogP contribution in [0.4, 0.5) is 5.13 Å². The molecular weight excluding hydrogens is 244 g/mol. The molecule has 1 aliphatic heterocycles. The fourth-order valence-electron chi connectivity index (χ4n) is 2.91. The third-order valence-electron chi connectivity index (χ3n) is 4.15. The molecule has 2 unspecified atom stereocenters. The van der Waals surface area contributed by atoms with Crippen molar-refractivity contribution in [3.63, 3.8) is 0 Å². The molecule has 5 heteroatoms. The maximum absolute atomic E-state index is 6.15. The zero-order valence-electron chi connectivity index (χ0n) is 11.2. The van der Waals surface area contributed by atoms with Crippen LogP contribution >= 0.6 is 11.3 Å². The molecule has 2 aliphatic rings. The third-order valence-corrected chi connectivity index (χ3v) is 5.34. The van der Waals surface area contributed by atoms with E-state index in [1.54, 1.807) is 0 Å². The highest BCUT2D eigenvalue weighted by atomic mass is 32.1. The molecular formula is C13H22N4S. The van der Waals surface area contributed by atoms with Crippen LogP contribution in [0.15, 0.2) is 0 Å². The number of hydrogen-bond donors (Lipinski definition) is 1. The van der Waals surface area contributed by atoms with E-state index < -0.39 is 0 Å². The Kier molecular flexibility index (Phi) is 3.30. The SMILES string of the molecule is CN(C)C1CCN(c2nc3c(s2)CCCC3N)C1. The summed E-state index contributed by atoms with van der Waals surface area (Å²) in [6.07, 6.45) is 4.72. The molecule has 2 N–H and O–H groups in total. The van der Waals surface area contributed by atoms with Gasteiger partial charge in [0.25, 0.3) is 0 Å². The van der Waals surface area contributed by atoms with Gasteiger partial charge in [-0.1, -0.05) is 0 Å². The molecule has 2 heterocycles. The molecule has 0 saturated carbocycles. The minimum absolute atomic E-state index is 0.172. The fourth-order valence-corrected chi connectivity index (χ4v) is 4.12. The summed E-state index contributed by atoms with van der Waals surface area (Å²) in [5, 5.41) is 1.20. The Hall–Kier alpha value is -0.650. The van der Waals surface area contributed by atoms with Gasteiger partial charge in [-0.05, 0) is 39.8 Å². The maximum Gasteiger partial charge on any atom is 0.185 e. The zero-order chi connectivity index (χ0) is 12.7. The quantitative estimate of drug-likeness (QED) is 0.883. The molecule has 4 nitrogen and oxygen atoms in total. The summed E-state index contributed by atoms with van der Waals surface area (Å²) in [5.74, 6) is 0. The van der Waals surface area contributed by atoms with Gasteiger partial charge in [0.1, 0.15) is 0 Å². The summed E-state index contributed by atoms with van der Waals surface area (Å²) in [6, 6.07) is 0.839. The number of nitrogens with two attached hydrogens (primary N) is 1. The first kappa shape index (κ1) is 12.4. The van der Waals surface area contributed by atoms with Gasteiger partial charge in [0.15, 0.2) is 5.13 Å². The average Bonchev–Trinajstić information content (AvgIpc) is 2.95. The lowest BCUT2D eigenvalue weighted by Crippen LogP contribution is -2.31. The number of fused-ring (bicyclic) bond motifs is 1. The van der Waals surface area contributed by atoms with Crippen molar-refractivity contribution in [3.8, 4) is 0 Å². The Balaban J connectivity index is 1.78. The normalized spacial score (nSPS) is 27.9. The molecule has 1 aromatic rings. The zero-order valence-corrected chi connectivity index (χ0v) is 12.0. The summed E-state index contributed by atoms with van der Waals surface area (Å²) in [4.78, 5) is 11.0. The van der Waals surface area contributed by atoms with Gasteiger partial charge in [-0.2, -0.15) is 0 Å². The van der Waals surface area contributed by atoms with Gasteiger partial charge in [-0.25, -0.2) is 4.98 Å². The van der Waals surface area contributed by atoms with Gasteiger partial charge < -0.3 is 15.5 Å². The van der Waals surface area contributed by atoms with Crippen molar-refractivity contribution in [1.82, 2.24) is 9.88 Å². The number of anilines is 1. The first-order valence-corrected chi connectivity index (χ1v) is 7.63. The lowest BCUT2D eigenvalue weighted by molar-refractivity contribution is 0.315. The van der Waals surface area contributed by atoms with E-state index in [0.29, 0.717) is 6.04 Å². The van der Waals surface area contributed by atoms with Crippen molar-refractivity contribution < 1.29 is 0 Å². The second-order valence-corrected chi connectivity index (χ2v) is 6.72. The molecule has 0 aromatic carbocycles. The molecule has 18 heavy (non-hydrogen) atoms. The Labute approximate surface area is 113 Å². The Morgan fingerprint density at radius 1 is 1.39 bits per heavy atom. The minimum atomic E-state index is 0.172. The number of hydrogen-bond acceptors (Lipinski definition) is 5. The number of nitrogens with zero attached hydrogens (tertiary/aromatic N) is 3. The van der Waals surface area contributed by atoms with E-state index in [2.05, 4.69) is 23.9 Å². The van der Waals surface area contributed by atoms with Gasteiger partial charge >= 0.3 is 0 Å². The Bertz CT molecular complexity index is 429. The summed E-state index contributed by atoms with van der Waals surface area (Å²) in [6.45, 7) is 2.24. The van der Waals surface area contributed by atoms with Crippen LogP contribution in [0.3, 0.4) is 0 Å². The van der Waals surface area contributed by atoms with Crippen molar-refractivity contribution in [1.29, 1.82) is 0 Å². The van der Waals surface area contributed by atoms with Crippen LogP contribution in [0.2, 0.25) is 0 Å². The Morgan fingerprint density at radius 3 is 2.89 bits per heavy atom. The standard InChI is InChI=1S/C13H22N4S/c1-16(2)9-6-7-17(8-9)13-15-12-10(14)4-3-5-11(12)18-13/h9-10H,3-8,14H2,1-2H3. The van der Waals surface area contributed by atoms with Crippen LogP contribution < -0.4 is 10.6 Å². The van der Waals surface area contributed by atoms with E-state index in [1.165, 1.54) is 35.0 Å². The predicted molar refractivity (Wildman–Crippen MR) is 76.3 cm³/mol. The van der Waals surface area contributed by atoms with Gasteiger partial charge in [0, 0.05) is 30.1 Å². The smallest absolute Gasteiger partial charge is 0.185 e. The van der Waals surface area contributed by atoms with Crippen molar-refractivity contribution in [2.45, 2.75) is 37.8 Å². The number of thiazole rings is 1. The first-order valence-electron chi connectivity index (χ1n) is 6.81. The third kappa shape index (κ3) is 2.15. The van der Waals surface area contributed by atoms with Crippen LogP contribution in [0, 0.1) is 0 Å². The maximum atomic E-state index is 6.15. The monoisotopic (exact) mass is 266 g/mol. The second-order valence-electron chi connectivity index (χ2n) is 5.66. The van der Waals surface area contributed by atoms with E-state index >= 15 is 0 Å². The molecule has 0 bridgehead atoms. The topological polar surface area (TPSA) is 45.4 Å². The molecule has 2 atom stereocenters. The highest BCUT2D eigenvalue weighted by Crippen LogP contribution is 2.36. The summed E-state index contributed by atoms with van der Waals surface area (Å²) >= 11 is 1.87. The lowest BCUT2D eigenvalue weighted by Gasteiger charge is -2.19. The van der Waals surface area contributed by atoms with Gasteiger partial charge in [-0.3, -0.25) is 0 Å². The van der Waals surface area contributed by atoms with Gasteiger partial charge in [0.2, 0.25) is 0 Å². The largest absolute Gasteiger partial charge is 0.346 e. The van der Waals surface area contributed by atoms with Crippen LogP contribution in [0.25, 0.3) is 0 Å². The van der Waals surface area contributed by atoms with E-state index in [9.17, 15) is 0 Å². The second kappa shape index (κ2) is 4.79. The Morgan fingerprint density at radius 2 is 2.22 bits per heavy atom. The van der Waals surface area contributed by atoms with Crippen LogP contribution in [0.5, 0.6) is 0 Å². The van der Waals surface area contributed by atoms with Crippen molar-refractivity contribution in [3.05, 3.63) is 10.6 Å². The van der Waals surface area contributed by atoms with E-state index in [-0.39, 0.29) is 6.04 Å². The molecule has 0 amide bonds. The lowest BCUT2D eigenvalue weighted by atomic mass is 9.99. The average molecular weight is 266 g/mol. The van der Waals surface area contributed by atoms with Crippen LogP contribution in [-0.4, -0.2) is 43.1 Å². The molecule has 100 valence electrons. The van der Waals surface area contributed by atoms with Gasteiger partial charge in [0.05, 0.1) is 5.69 Å². The van der Waals surface area contributed by atoms with E-state index in [1.807, 2.05) is 11.3 Å². The number of rotatable bonds is 2. The summed E-state index contributed by atoms with van der Waals surface area (Å²) in [7, 11) is 4.33. The van der Waals surface area contributed by atoms with Crippen molar-refractivity contribution in [2.24, 2.45) is 5.73 Å². The molecule has 0 radical (unpaired) electrons. The molecule has 1 aromatic heterocycles. The minimum Gasteiger partial charge on any atom is -0.346 e. The molecule has 3 rings (SSSR count). The van der Waals surface area contributed by atoms with E-state index in [0.717, 1.165) is 19.5 Å². The highest BCUT2D eigenvalue weighted by Gasteiger charge is 2.28.